The van der Waals surface area contributed by atoms with Gasteiger partial charge in [-0.1, -0.05) is 37.3 Å². The molecule has 2 aliphatic heterocycles. The third kappa shape index (κ3) is 3.72. The fraction of sp³-hybridized carbons (Fsp3) is 0.625. The van der Waals surface area contributed by atoms with Gasteiger partial charge in [-0.15, -0.1) is 12.4 Å². The predicted octanol–water partition coefficient (Wildman–Crippen LogP) is 1.67. The van der Waals surface area contributed by atoms with Crippen LogP contribution in [-0.4, -0.2) is 49.8 Å². The van der Waals surface area contributed by atoms with Crippen LogP contribution in [0, 0.1) is 11.8 Å². The summed E-state index contributed by atoms with van der Waals surface area (Å²) in [4.78, 5) is 0. The van der Waals surface area contributed by atoms with Crippen LogP contribution in [0.3, 0.4) is 0 Å². The Morgan fingerprint density at radius 1 is 1.13 bits per heavy atom. The molecule has 23 heavy (non-hydrogen) atoms. The highest BCUT2D eigenvalue weighted by molar-refractivity contribution is 7.86. The third-order valence-corrected chi connectivity index (χ3v) is 6.91. The summed E-state index contributed by atoms with van der Waals surface area (Å²) in [5.74, 6) is 0.839. The maximum atomic E-state index is 12.8. The Labute approximate surface area is 145 Å². The number of hydrogen-bond acceptors (Lipinski definition) is 3. The van der Waals surface area contributed by atoms with Crippen LogP contribution < -0.4 is 5.73 Å². The molecule has 130 valence electrons. The van der Waals surface area contributed by atoms with E-state index in [1.165, 1.54) is 5.56 Å². The van der Waals surface area contributed by atoms with E-state index >= 15 is 0 Å². The molecule has 0 amide bonds. The predicted molar refractivity (Wildman–Crippen MR) is 94.8 cm³/mol. The van der Waals surface area contributed by atoms with Crippen molar-refractivity contribution in [3.8, 4) is 0 Å². The van der Waals surface area contributed by atoms with Crippen molar-refractivity contribution in [2.24, 2.45) is 17.6 Å². The summed E-state index contributed by atoms with van der Waals surface area (Å²) in [6.45, 7) is 4.98. The summed E-state index contributed by atoms with van der Waals surface area (Å²) in [6, 6.07) is 10.1. The van der Waals surface area contributed by atoms with E-state index in [1.54, 1.807) is 8.61 Å². The minimum absolute atomic E-state index is 0. The minimum Gasteiger partial charge on any atom is -0.330 e. The molecule has 5 nitrogen and oxygen atoms in total. The number of halogens is 1. The topological polar surface area (TPSA) is 66.6 Å². The zero-order valence-corrected chi connectivity index (χ0v) is 15.1. The summed E-state index contributed by atoms with van der Waals surface area (Å²) in [7, 11) is -3.34. The van der Waals surface area contributed by atoms with Gasteiger partial charge < -0.3 is 5.73 Å². The van der Waals surface area contributed by atoms with Gasteiger partial charge in [0.15, 0.2) is 0 Å². The number of rotatable bonds is 4. The second-order valence-electron chi connectivity index (χ2n) is 6.59. The van der Waals surface area contributed by atoms with Crippen molar-refractivity contribution in [2.75, 3.05) is 32.7 Å². The maximum Gasteiger partial charge on any atom is 0.282 e. The van der Waals surface area contributed by atoms with Crippen LogP contribution in [0.4, 0.5) is 0 Å². The largest absolute Gasteiger partial charge is 0.330 e. The van der Waals surface area contributed by atoms with Gasteiger partial charge in [0.05, 0.1) is 0 Å². The van der Waals surface area contributed by atoms with Gasteiger partial charge in [-0.25, -0.2) is 0 Å². The molecular formula is C16H26ClN3O2S. The van der Waals surface area contributed by atoms with E-state index < -0.39 is 10.2 Å². The summed E-state index contributed by atoms with van der Waals surface area (Å²) in [5, 5.41) is 0. The van der Waals surface area contributed by atoms with Gasteiger partial charge in [-0.2, -0.15) is 17.0 Å². The molecule has 3 rings (SSSR count). The Balaban J connectivity index is 0.00000192. The van der Waals surface area contributed by atoms with E-state index in [2.05, 4.69) is 19.1 Å². The van der Waals surface area contributed by atoms with Crippen LogP contribution in [0.2, 0.25) is 0 Å². The molecular weight excluding hydrogens is 334 g/mol. The first-order chi connectivity index (χ1) is 10.5. The van der Waals surface area contributed by atoms with Gasteiger partial charge in [-0.05, 0) is 30.4 Å². The molecule has 2 heterocycles. The lowest BCUT2D eigenvalue weighted by molar-refractivity contribution is 0.384. The van der Waals surface area contributed by atoms with Crippen LogP contribution in [0.25, 0.3) is 0 Å². The zero-order valence-electron chi connectivity index (χ0n) is 13.5. The highest BCUT2D eigenvalue weighted by Gasteiger charge is 2.42. The van der Waals surface area contributed by atoms with E-state index in [0.717, 1.165) is 6.42 Å². The number of nitrogens with zero attached hydrogens (tertiary/aromatic N) is 2. The highest BCUT2D eigenvalue weighted by Crippen LogP contribution is 2.35. The van der Waals surface area contributed by atoms with Crippen LogP contribution >= 0.6 is 12.4 Å². The molecule has 7 heteroatoms. The fourth-order valence-corrected chi connectivity index (χ4v) is 5.44. The molecule has 0 spiro atoms. The molecule has 0 bridgehead atoms. The molecule has 3 atom stereocenters. The first kappa shape index (κ1) is 18.7. The Bertz CT molecular complexity index is 611. The number of benzene rings is 1. The first-order valence-corrected chi connectivity index (χ1v) is 9.42. The van der Waals surface area contributed by atoms with E-state index in [1.807, 2.05) is 18.2 Å². The lowest BCUT2D eigenvalue weighted by atomic mass is 9.89. The molecule has 2 aliphatic rings. The Morgan fingerprint density at radius 3 is 2.39 bits per heavy atom. The summed E-state index contributed by atoms with van der Waals surface area (Å²) < 4.78 is 28.9. The highest BCUT2D eigenvalue weighted by atomic mass is 35.5. The molecule has 2 N–H and O–H groups in total. The molecule has 0 saturated carbocycles. The summed E-state index contributed by atoms with van der Waals surface area (Å²) >= 11 is 0. The molecule has 0 radical (unpaired) electrons. The van der Waals surface area contributed by atoms with Crippen molar-refractivity contribution < 1.29 is 8.42 Å². The number of hydrogen-bond donors (Lipinski definition) is 1. The third-order valence-electron chi connectivity index (χ3n) is 4.98. The van der Waals surface area contributed by atoms with Crippen molar-refractivity contribution in [1.29, 1.82) is 0 Å². The standard InChI is InChI=1S/C16H25N3O2S.ClH/c1-13-7-8-18(10-13)22(20,21)19-11-15(9-17)16(12-19)14-5-3-2-4-6-14;/h2-6,13,15-16H,7-12,17H2,1H3;1H/t13?,15-,16+;/m1./s1. The maximum absolute atomic E-state index is 12.8. The molecule has 0 aliphatic carbocycles. The van der Waals surface area contributed by atoms with Crippen molar-refractivity contribution in [3.05, 3.63) is 35.9 Å². The van der Waals surface area contributed by atoms with Gasteiger partial charge >= 0.3 is 0 Å². The molecule has 1 aromatic rings. The quantitative estimate of drug-likeness (QED) is 0.889. The van der Waals surface area contributed by atoms with Gasteiger partial charge in [0.1, 0.15) is 0 Å². The smallest absolute Gasteiger partial charge is 0.282 e. The Kier molecular flexibility index (Phi) is 6.08. The van der Waals surface area contributed by atoms with Crippen LogP contribution in [-0.2, 0) is 10.2 Å². The van der Waals surface area contributed by atoms with Gasteiger partial charge in [-0.3, -0.25) is 0 Å². The van der Waals surface area contributed by atoms with E-state index in [-0.39, 0.29) is 24.2 Å². The second kappa shape index (κ2) is 7.49. The van der Waals surface area contributed by atoms with E-state index in [9.17, 15) is 8.42 Å². The van der Waals surface area contributed by atoms with Crippen molar-refractivity contribution in [1.82, 2.24) is 8.61 Å². The van der Waals surface area contributed by atoms with Crippen LogP contribution in [0.15, 0.2) is 30.3 Å². The molecule has 1 aromatic carbocycles. The first-order valence-electron chi connectivity index (χ1n) is 8.02. The monoisotopic (exact) mass is 359 g/mol. The van der Waals surface area contributed by atoms with Crippen LogP contribution in [0.1, 0.15) is 24.8 Å². The average molecular weight is 360 g/mol. The SMILES string of the molecule is CC1CCN(S(=O)(=O)N2C[C@@H](CN)[C@H](c3ccccc3)C2)C1.Cl. The van der Waals surface area contributed by atoms with Crippen molar-refractivity contribution in [3.63, 3.8) is 0 Å². The lowest BCUT2D eigenvalue weighted by Gasteiger charge is -2.23. The molecule has 2 fully saturated rings. The zero-order chi connectivity index (χ0) is 15.7. The fourth-order valence-electron chi connectivity index (χ4n) is 3.60. The number of nitrogens with two attached hydrogens (primary N) is 1. The average Bonchev–Trinajstić information content (AvgIpc) is 3.14. The van der Waals surface area contributed by atoms with Gasteiger partial charge in [0.25, 0.3) is 10.2 Å². The summed E-state index contributed by atoms with van der Waals surface area (Å²) in [6.07, 6.45) is 0.954. The summed E-state index contributed by atoms with van der Waals surface area (Å²) in [5.41, 5.74) is 7.09. The molecule has 0 aromatic heterocycles. The normalized spacial score (nSPS) is 29.6. The van der Waals surface area contributed by atoms with Gasteiger partial charge in [0.2, 0.25) is 0 Å². The van der Waals surface area contributed by atoms with Gasteiger partial charge in [0, 0.05) is 32.1 Å². The Hall–Kier alpha value is -0.660. The van der Waals surface area contributed by atoms with Crippen LogP contribution in [0.5, 0.6) is 0 Å². The second-order valence-corrected chi connectivity index (χ2v) is 8.52. The lowest BCUT2D eigenvalue weighted by Crippen LogP contribution is -2.42. The van der Waals surface area contributed by atoms with Crippen molar-refractivity contribution >= 4 is 22.6 Å². The minimum atomic E-state index is -3.34. The molecule has 1 unspecified atom stereocenters. The van der Waals surface area contributed by atoms with Crippen molar-refractivity contribution in [2.45, 2.75) is 19.3 Å². The molecule has 2 saturated heterocycles. The Morgan fingerprint density at radius 2 is 1.83 bits per heavy atom. The van der Waals surface area contributed by atoms with E-state index in [0.29, 0.717) is 38.6 Å². The van der Waals surface area contributed by atoms with E-state index in [4.69, 9.17) is 5.73 Å².